The summed E-state index contributed by atoms with van der Waals surface area (Å²) < 4.78 is 18.6. The second-order valence-corrected chi connectivity index (χ2v) is 6.08. The third-order valence-corrected chi connectivity index (χ3v) is 4.24. The number of aromatic amines is 1. The molecule has 0 spiro atoms. The number of aromatic nitrogens is 2. The first kappa shape index (κ1) is 15.7. The fourth-order valence-electron chi connectivity index (χ4n) is 2.80. The van der Waals surface area contributed by atoms with Crippen LogP contribution >= 0.6 is 11.6 Å². The summed E-state index contributed by atoms with van der Waals surface area (Å²) >= 11 is 5.93. The first-order valence-electron chi connectivity index (χ1n) is 7.62. The molecule has 0 saturated carbocycles. The highest BCUT2D eigenvalue weighted by Crippen LogP contribution is 2.38. The first-order valence-corrected chi connectivity index (χ1v) is 7.99. The number of nitrogens with zero attached hydrogens (tertiary/aromatic N) is 1. The van der Waals surface area contributed by atoms with E-state index in [9.17, 15) is 9.18 Å². The van der Waals surface area contributed by atoms with E-state index in [0.29, 0.717) is 38.8 Å². The second kappa shape index (κ2) is 6.22. The topological polar surface area (TPSA) is 67.0 Å². The highest BCUT2D eigenvalue weighted by molar-refractivity contribution is 6.31. The van der Waals surface area contributed by atoms with Crippen LogP contribution < -0.4 is 10.1 Å². The maximum Gasteiger partial charge on any atom is 0.276 e. The fraction of sp³-hybridized carbons (Fsp3) is 0.111. The van der Waals surface area contributed by atoms with Crippen molar-refractivity contribution < 1.29 is 13.9 Å². The van der Waals surface area contributed by atoms with Crippen LogP contribution in [0.3, 0.4) is 0 Å². The lowest BCUT2D eigenvalue weighted by Gasteiger charge is -2.18. The molecule has 0 unspecified atom stereocenters. The molecule has 0 aliphatic carbocycles. The van der Waals surface area contributed by atoms with Gasteiger partial charge in [-0.15, -0.1) is 0 Å². The van der Waals surface area contributed by atoms with Crippen molar-refractivity contribution in [2.75, 3.05) is 5.32 Å². The van der Waals surface area contributed by atoms with Gasteiger partial charge in [0.15, 0.2) is 5.69 Å². The summed E-state index contributed by atoms with van der Waals surface area (Å²) in [5.74, 6) is 0.267. The number of ether oxygens (including phenoxy) is 1. The number of amides is 1. The van der Waals surface area contributed by atoms with Gasteiger partial charge in [0.2, 0.25) is 0 Å². The number of fused-ring (bicyclic) bond motifs is 3. The quantitative estimate of drug-likeness (QED) is 0.732. The molecule has 1 aliphatic heterocycles. The standard InChI is InChI=1S/C18H13ClFN3O2/c19-11-2-1-3-12(7-11)21-18(24)17-14-9-25-15-5-4-10(8-20)6-13(15)16(14)22-23-17/h1-7H,8-9H2,(H,21,24)(H,22,23). The summed E-state index contributed by atoms with van der Waals surface area (Å²) in [6.07, 6.45) is 0. The summed E-state index contributed by atoms with van der Waals surface area (Å²) in [6.45, 7) is -0.356. The van der Waals surface area contributed by atoms with Crippen LogP contribution in [0.4, 0.5) is 10.1 Å². The molecule has 0 saturated heterocycles. The van der Waals surface area contributed by atoms with Crippen LogP contribution in [0.15, 0.2) is 42.5 Å². The van der Waals surface area contributed by atoms with Crippen LogP contribution in [-0.2, 0) is 13.3 Å². The van der Waals surface area contributed by atoms with Crippen molar-refractivity contribution >= 4 is 23.2 Å². The van der Waals surface area contributed by atoms with E-state index in [1.54, 1.807) is 42.5 Å². The molecular formula is C18H13ClFN3O2. The van der Waals surface area contributed by atoms with Crippen LogP contribution in [0.2, 0.25) is 5.02 Å². The van der Waals surface area contributed by atoms with Gasteiger partial charge in [0.1, 0.15) is 19.0 Å². The van der Waals surface area contributed by atoms with Crippen molar-refractivity contribution in [2.24, 2.45) is 0 Å². The number of anilines is 1. The van der Waals surface area contributed by atoms with Crippen LogP contribution in [0.5, 0.6) is 5.75 Å². The van der Waals surface area contributed by atoms with Crippen LogP contribution in [0.1, 0.15) is 21.6 Å². The molecule has 2 heterocycles. The van der Waals surface area contributed by atoms with Gasteiger partial charge >= 0.3 is 0 Å². The van der Waals surface area contributed by atoms with Gasteiger partial charge in [-0.3, -0.25) is 9.89 Å². The Kier molecular flexibility index (Phi) is 3.89. The molecule has 1 amide bonds. The van der Waals surface area contributed by atoms with E-state index in [1.165, 1.54) is 0 Å². The predicted octanol–water partition coefficient (Wildman–Crippen LogP) is 4.34. The van der Waals surface area contributed by atoms with Crippen LogP contribution in [-0.4, -0.2) is 16.1 Å². The highest BCUT2D eigenvalue weighted by atomic mass is 35.5. The van der Waals surface area contributed by atoms with Gasteiger partial charge < -0.3 is 10.1 Å². The number of nitrogens with one attached hydrogen (secondary N) is 2. The molecule has 3 aromatic rings. The number of benzene rings is 2. The van der Waals surface area contributed by atoms with E-state index in [1.807, 2.05) is 0 Å². The zero-order valence-electron chi connectivity index (χ0n) is 13.0. The number of alkyl halides is 1. The normalized spacial score (nSPS) is 12.1. The highest BCUT2D eigenvalue weighted by Gasteiger charge is 2.26. The number of rotatable bonds is 3. The van der Waals surface area contributed by atoms with Crippen LogP contribution in [0, 0.1) is 0 Å². The summed E-state index contributed by atoms with van der Waals surface area (Å²) in [5.41, 5.74) is 3.37. The average Bonchev–Trinajstić information content (AvgIpc) is 3.06. The summed E-state index contributed by atoms with van der Waals surface area (Å²) in [6, 6.07) is 12.0. The lowest BCUT2D eigenvalue weighted by atomic mass is 10.0. The SMILES string of the molecule is O=C(Nc1cccc(Cl)c1)c1n[nH]c2c1COc1ccc(CF)cc1-2. The molecule has 1 aromatic heterocycles. The Balaban J connectivity index is 1.68. The van der Waals surface area contributed by atoms with E-state index >= 15 is 0 Å². The van der Waals surface area contributed by atoms with Gasteiger partial charge in [-0.25, -0.2) is 4.39 Å². The average molecular weight is 358 g/mol. The molecule has 0 atom stereocenters. The Labute approximate surface area is 147 Å². The Morgan fingerprint density at radius 1 is 1.32 bits per heavy atom. The Morgan fingerprint density at radius 2 is 2.20 bits per heavy atom. The number of halogens is 2. The number of carbonyl (C=O) groups excluding carboxylic acids is 1. The number of hydrogen-bond donors (Lipinski definition) is 2. The second-order valence-electron chi connectivity index (χ2n) is 5.64. The zero-order chi connectivity index (χ0) is 17.4. The molecule has 1 aliphatic rings. The van der Waals surface area contributed by atoms with Crippen molar-refractivity contribution in [2.45, 2.75) is 13.3 Å². The van der Waals surface area contributed by atoms with E-state index in [0.717, 1.165) is 0 Å². The summed E-state index contributed by atoms with van der Waals surface area (Å²) in [4.78, 5) is 12.5. The predicted molar refractivity (Wildman–Crippen MR) is 92.6 cm³/mol. The molecule has 126 valence electrons. The van der Waals surface area contributed by atoms with E-state index in [4.69, 9.17) is 16.3 Å². The van der Waals surface area contributed by atoms with Gasteiger partial charge in [0.25, 0.3) is 5.91 Å². The van der Waals surface area contributed by atoms with Gasteiger partial charge in [-0.05, 0) is 35.9 Å². The van der Waals surface area contributed by atoms with Gasteiger partial charge in [0.05, 0.1) is 5.69 Å². The van der Waals surface area contributed by atoms with E-state index < -0.39 is 6.67 Å². The molecular weight excluding hydrogens is 345 g/mol. The minimum atomic E-state index is -0.571. The molecule has 2 aromatic carbocycles. The van der Waals surface area contributed by atoms with E-state index in [-0.39, 0.29) is 18.2 Å². The van der Waals surface area contributed by atoms with Gasteiger partial charge in [-0.2, -0.15) is 5.10 Å². The molecule has 25 heavy (non-hydrogen) atoms. The lowest BCUT2D eigenvalue weighted by Crippen LogP contribution is -2.16. The largest absolute Gasteiger partial charge is 0.488 e. The molecule has 5 nitrogen and oxygen atoms in total. The fourth-order valence-corrected chi connectivity index (χ4v) is 2.99. The molecule has 0 fully saturated rings. The molecule has 0 radical (unpaired) electrons. The summed E-state index contributed by atoms with van der Waals surface area (Å²) in [7, 11) is 0. The number of H-pyrrole nitrogens is 1. The number of hydrogen-bond acceptors (Lipinski definition) is 3. The molecule has 7 heteroatoms. The van der Waals surface area contributed by atoms with Crippen molar-refractivity contribution in [3.63, 3.8) is 0 Å². The minimum absolute atomic E-state index is 0.214. The lowest BCUT2D eigenvalue weighted by molar-refractivity contribution is 0.102. The molecule has 4 rings (SSSR count). The Bertz CT molecular complexity index is 971. The minimum Gasteiger partial charge on any atom is -0.488 e. The zero-order valence-corrected chi connectivity index (χ0v) is 13.7. The monoisotopic (exact) mass is 357 g/mol. The van der Waals surface area contributed by atoms with Gasteiger partial charge in [0, 0.05) is 21.8 Å². The molecule has 2 N–H and O–H groups in total. The number of carbonyl (C=O) groups is 1. The third-order valence-electron chi connectivity index (χ3n) is 4.00. The Hall–Kier alpha value is -2.86. The first-order chi connectivity index (χ1) is 12.2. The third kappa shape index (κ3) is 2.85. The van der Waals surface area contributed by atoms with Crippen molar-refractivity contribution in [3.8, 4) is 17.0 Å². The van der Waals surface area contributed by atoms with Crippen LogP contribution in [0.25, 0.3) is 11.3 Å². The molecule has 0 bridgehead atoms. The van der Waals surface area contributed by atoms with Crippen molar-refractivity contribution in [1.82, 2.24) is 10.2 Å². The smallest absolute Gasteiger partial charge is 0.276 e. The Morgan fingerprint density at radius 3 is 3.00 bits per heavy atom. The van der Waals surface area contributed by atoms with E-state index in [2.05, 4.69) is 15.5 Å². The van der Waals surface area contributed by atoms with Crippen molar-refractivity contribution in [1.29, 1.82) is 0 Å². The van der Waals surface area contributed by atoms with Crippen molar-refractivity contribution in [3.05, 3.63) is 64.3 Å². The maximum atomic E-state index is 12.9. The maximum absolute atomic E-state index is 12.9. The summed E-state index contributed by atoms with van der Waals surface area (Å²) in [5, 5.41) is 10.3. The van der Waals surface area contributed by atoms with Gasteiger partial charge in [-0.1, -0.05) is 23.7 Å².